The van der Waals surface area contributed by atoms with Crippen LogP contribution >= 0.6 is 0 Å². The zero-order chi connectivity index (χ0) is 9.84. The van der Waals surface area contributed by atoms with Gasteiger partial charge in [-0.2, -0.15) is 0 Å². The van der Waals surface area contributed by atoms with Crippen molar-refractivity contribution in [1.29, 1.82) is 0 Å². The van der Waals surface area contributed by atoms with Crippen LogP contribution in [0, 0.1) is 11.8 Å². The molecular weight excluding hydrogens is 160 g/mol. The van der Waals surface area contributed by atoms with E-state index in [-0.39, 0.29) is 0 Å². The Bertz CT molecular complexity index is 145. The SMILES string of the molecule is CCC(N)CN1CCC(C)C(C)C1. The molecule has 1 fully saturated rings. The molecule has 0 aliphatic carbocycles. The van der Waals surface area contributed by atoms with Crippen LogP contribution in [0.1, 0.15) is 33.6 Å². The van der Waals surface area contributed by atoms with Crippen LogP contribution in [0.5, 0.6) is 0 Å². The quantitative estimate of drug-likeness (QED) is 0.723. The van der Waals surface area contributed by atoms with E-state index in [2.05, 4.69) is 25.7 Å². The molecule has 1 saturated heterocycles. The second-order valence-electron chi connectivity index (χ2n) is 4.67. The van der Waals surface area contributed by atoms with Gasteiger partial charge in [-0.3, -0.25) is 0 Å². The topological polar surface area (TPSA) is 29.3 Å². The van der Waals surface area contributed by atoms with Crippen LogP contribution < -0.4 is 5.73 Å². The van der Waals surface area contributed by atoms with Gasteiger partial charge < -0.3 is 10.6 Å². The van der Waals surface area contributed by atoms with Gasteiger partial charge >= 0.3 is 0 Å². The van der Waals surface area contributed by atoms with E-state index in [9.17, 15) is 0 Å². The molecular formula is C11H24N2. The van der Waals surface area contributed by atoms with Gasteiger partial charge in [-0.1, -0.05) is 20.8 Å². The molecule has 1 rings (SSSR count). The van der Waals surface area contributed by atoms with Crippen molar-refractivity contribution in [2.75, 3.05) is 19.6 Å². The largest absolute Gasteiger partial charge is 0.327 e. The highest BCUT2D eigenvalue weighted by Gasteiger charge is 2.22. The van der Waals surface area contributed by atoms with Crippen molar-refractivity contribution in [1.82, 2.24) is 4.90 Å². The summed E-state index contributed by atoms with van der Waals surface area (Å²) in [6, 6.07) is 0.376. The second-order valence-corrected chi connectivity index (χ2v) is 4.67. The maximum absolute atomic E-state index is 5.94. The highest BCUT2D eigenvalue weighted by atomic mass is 15.1. The molecule has 2 N–H and O–H groups in total. The van der Waals surface area contributed by atoms with Crippen molar-refractivity contribution >= 4 is 0 Å². The fourth-order valence-corrected chi connectivity index (χ4v) is 1.98. The number of hydrogen-bond donors (Lipinski definition) is 1. The van der Waals surface area contributed by atoms with Crippen molar-refractivity contribution < 1.29 is 0 Å². The van der Waals surface area contributed by atoms with E-state index in [1.807, 2.05) is 0 Å². The predicted molar refractivity (Wildman–Crippen MR) is 57.7 cm³/mol. The molecule has 1 aliphatic heterocycles. The van der Waals surface area contributed by atoms with Gasteiger partial charge in [0, 0.05) is 19.1 Å². The molecule has 0 aromatic rings. The zero-order valence-electron chi connectivity index (χ0n) is 9.29. The summed E-state index contributed by atoms with van der Waals surface area (Å²) in [6.07, 6.45) is 2.44. The maximum Gasteiger partial charge on any atom is 0.0165 e. The van der Waals surface area contributed by atoms with Gasteiger partial charge in [-0.25, -0.2) is 0 Å². The van der Waals surface area contributed by atoms with Crippen LogP contribution in [0.3, 0.4) is 0 Å². The summed E-state index contributed by atoms with van der Waals surface area (Å²) < 4.78 is 0. The predicted octanol–water partition coefficient (Wildman–Crippen LogP) is 1.70. The third kappa shape index (κ3) is 3.28. The summed E-state index contributed by atoms with van der Waals surface area (Å²) >= 11 is 0. The van der Waals surface area contributed by atoms with Gasteiger partial charge in [0.2, 0.25) is 0 Å². The summed E-state index contributed by atoms with van der Waals surface area (Å²) in [5.74, 6) is 1.74. The van der Waals surface area contributed by atoms with Gasteiger partial charge in [0.1, 0.15) is 0 Å². The lowest BCUT2D eigenvalue weighted by Gasteiger charge is -2.36. The number of likely N-dealkylation sites (tertiary alicyclic amines) is 1. The molecule has 0 spiro atoms. The second kappa shape index (κ2) is 4.97. The Morgan fingerprint density at radius 3 is 2.62 bits per heavy atom. The van der Waals surface area contributed by atoms with E-state index in [1.165, 1.54) is 19.5 Å². The van der Waals surface area contributed by atoms with E-state index in [4.69, 9.17) is 5.73 Å². The first-order valence-electron chi connectivity index (χ1n) is 5.61. The average molecular weight is 184 g/mol. The van der Waals surface area contributed by atoms with E-state index >= 15 is 0 Å². The molecule has 2 nitrogen and oxygen atoms in total. The summed E-state index contributed by atoms with van der Waals surface area (Å²) in [6.45, 7) is 10.5. The molecule has 0 radical (unpaired) electrons. The van der Waals surface area contributed by atoms with Gasteiger partial charge in [0.05, 0.1) is 0 Å². The van der Waals surface area contributed by atoms with Gasteiger partial charge in [0.25, 0.3) is 0 Å². The lowest BCUT2D eigenvalue weighted by atomic mass is 9.88. The van der Waals surface area contributed by atoms with Crippen LogP contribution in [0.2, 0.25) is 0 Å². The molecule has 0 aromatic heterocycles. The zero-order valence-corrected chi connectivity index (χ0v) is 9.29. The maximum atomic E-state index is 5.94. The third-order valence-corrected chi connectivity index (χ3v) is 3.44. The number of hydrogen-bond acceptors (Lipinski definition) is 2. The molecule has 1 heterocycles. The van der Waals surface area contributed by atoms with Crippen LogP contribution in [-0.2, 0) is 0 Å². The highest BCUT2D eigenvalue weighted by Crippen LogP contribution is 2.22. The summed E-state index contributed by atoms with van der Waals surface area (Å²) in [7, 11) is 0. The Morgan fingerprint density at radius 1 is 1.38 bits per heavy atom. The van der Waals surface area contributed by atoms with E-state index in [1.54, 1.807) is 0 Å². The molecule has 2 heteroatoms. The number of piperidine rings is 1. The summed E-state index contributed by atoms with van der Waals surface area (Å²) in [4.78, 5) is 2.53. The lowest BCUT2D eigenvalue weighted by Crippen LogP contribution is -2.44. The Hall–Kier alpha value is -0.0800. The molecule has 1 aliphatic rings. The van der Waals surface area contributed by atoms with E-state index in [0.29, 0.717) is 6.04 Å². The van der Waals surface area contributed by atoms with Crippen molar-refractivity contribution in [2.24, 2.45) is 17.6 Å². The van der Waals surface area contributed by atoms with Crippen LogP contribution in [-0.4, -0.2) is 30.6 Å². The molecule has 78 valence electrons. The molecule has 13 heavy (non-hydrogen) atoms. The summed E-state index contributed by atoms with van der Waals surface area (Å²) in [5.41, 5.74) is 5.94. The fraction of sp³-hybridized carbons (Fsp3) is 1.00. The first-order valence-corrected chi connectivity index (χ1v) is 5.61. The minimum absolute atomic E-state index is 0.376. The number of nitrogens with two attached hydrogens (primary N) is 1. The standard InChI is InChI=1S/C11H24N2/c1-4-11(12)8-13-6-5-9(2)10(3)7-13/h9-11H,4-8,12H2,1-3H3. The minimum atomic E-state index is 0.376. The summed E-state index contributed by atoms with van der Waals surface area (Å²) in [5, 5.41) is 0. The normalized spacial score (nSPS) is 33.2. The monoisotopic (exact) mass is 184 g/mol. The molecule has 0 amide bonds. The van der Waals surface area contributed by atoms with Crippen molar-refractivity contribution in [3.8, 4) is 0 Å². The van der Waals surface area contributed by atoms with Crippen molar-refractivity contribution in [3.05, 3.63) is 0 Å². The van der Waals surface area contributed by atoms with Gasteiger partial charge in [0.15, 0.2) is 0 Å². The van der Waals surface area contributed by atoms with Crippen molar-refractivity contribution in [2.45, 2.75) is 39.7 Å². The first-order chi connectivity index (χ1) is 6.13. The number of rotatable bonds is 3. The Morgan fingerprint density at radius 2 is 2.08 bits per heavy atom. The Labute approximate surface area is 82.5 Å². The third-order valence-electron chi connectivity index (χ3n) is 3.44. The smallest absolute Gasteiger partial charge is 0.0165 e. The van der Waals surface area contributed by atoms with Crippen LogP contribution in [0.25, 0.3) is 0 Å². The Kier molecular flexibility index (Phi) is 4.20. The van der Waals surface area contributed by atoms with Gasteiger partial charge in [-0.15, -0.1) is 0 Å². The van der Waals surface area contributed by atoms with Crippen LogP contribution in [0.4, 0.5) is 0 Å². The molecule has 3 unspecified atom stereocenters. The minimum Gasteiger partial charge on any atom is -0.327 e. The van der Waals surface area contributed by atoms with Crippen molar-refractivity contribution in [3.63, 3.8) is 0 Å². The molecule has 0 bridgehead atoms. The molecule has 0 aromatic carbocycles. The van der Waals surface area contributed by atoms with E-state index < -0.39 is 0 Å². The first kappa shape index (κ1) is 11.0. The Balaban J connectivity index is 2.29. The average Bonchev–Trinajstić information content (AvgIpc) is 2.11. The molecule has 3 atom stereocenters. The van der Waals surface area contributed by atoms with E-state index in [0.717, 1.165) is 24.8 Å². The fourth-order valence-electron chi connectivity index (χ4n) is 1.98. The lowest BCUT2D eigenvalue weighted by molar-refractivity contribution is 0.131. The highest BCUT2D eigenvalue weighted by molar-refractivity contribution is 4.77. The number of nitrogens with zero attached hydrogens (tertiary/aromatic N) is 1. The van der Waals surface area contributed by atoms with Crippen LogP contribution in [0.15, 0.2) is 0 Å². The molecule has 0 saturated carbocycles. The van der Waals surface area contributed by atoms with Gasteiger partial charge in [-0.05, 0) is 31.2 Å².